The molecule has 0 aliphatic carbocycles. The van der Waals surface area contributed by atoms with E-state index in [1.54, 1.807) is 17.4 Å². The van der Waals surface area contributed by atoms with Crippen LogP contribution in [0.4, 0.5) is 0 Å². The molecule has 6 heteroatoms. The molecule has 0 amide bonds. The molecule has 2 heterocycles. The number of ether oxygens (including phenoxy) is 1. The predicted molar refractivity (Wildman–Crippen MR) is 104 cm³/mol. The van der Waals surface area contributed by atoms with Gasteiger partial charge in [0.1, 0.15) is 18.2 Å². The summed E-state index contributed by atoms with van der Waals surface area (Å²) in [6.07, 6.45) is 4.60. The number of rotatable bonds is 8. The van der Waals surface area contributed by atoms with Gasteiger partial charge in [0.25, 0.3) is 0 Å². The van der Waals surface area contributed by atoms with E-state index in [1.165, 1.54) is 0 Å². The Morgan fingerprint density at radius 2 is 2.15 bits per heavy atom. The first-order chi connectivity index (χ1) is 12.5. The molecule has 0 aliphatic heterocycles. The van der Waals surface area contributed by atoms with Crippen LogP contribution in [0.3, 0.4) is 0 Å². The van der Waals surface area contributed by atoms with Crippen molar-refractivity contribution in [3.63, 3.8) is 0 Å². The number of esters is 1. The molecule has 0 saturated heterocycles. The van der Waals surface area contributed by atoms with Gasteiger partial charge in [-0.25, -0.2) is 9.78 Å². The second-order valence-electron chi connectivity index (χ2n) is 6.21. The minimum absolute atomic E-state index is 0.00533. The Morgan fingerprint density at radius 1 is 1.38 bits per heavy atom. The second kappa shape index (κ2) is 9.35. The van der Waals surface area contributed by atoms with Crippen molar-refractivity contribution < 1.29 is 9.53 Å². The molecular weight excluding hydrogens is 346 g/mol. The lowest BCUT2D eigenvalue weighted by atomic mass is 10.1. The van der Waals surface area contributed by atoms with Gasteiger partial charge in [0.15, 0.2) is 0 Å². The average Bonchev–Trinajstić information content (AvgIpc) is 3.17. The highest BCUT2D eigenvalue weighted by Crippen LogP contribution is 2.19. The van der Waals surface area contributed by atoms with Gasteiger partial charge in [-0.15, -0.1) is 11.3 Å². The molecule has 2 aromatic heterocycles. The van der Waals surface area contributed by atoms with Crippen molar-refractivity contribution >= 4 is 23.4 Å². The van der Waals surface area contributed by atoms with E-state index in [9.17, 15) is 10.1 Å². The molecule has 0 fully saturated rings. The first kappa shape index (κ1) is 19.9. The molecule has 0 bridgehead atoms. The molecular formula is C20H25N3O2S. The van der Waals surface area contributed by atoms with Gasteiger partial charge in [-0.05, 0) is 50.8 Å². The van der Waals surface area contributed by atoms with Crippen LogP contribution in [0.1, 0.15) is 54.3 Å². The maximum absolute atomic E-state index is 12.3. The summed E-state index contributed by atoms with van der Waals surface area (Å²) >= 11 is 1.57. The monoisotopic (exact) mass is 371 g/mol. The number of aromatic nitrogens is 2. The predicted octanol–water partition coefficient (Wildman–Crippen LogP) is 4.57. The van der Waals surface area contributed by atoms with Gasteiger partial charge in [0.2, 0.25) is 0 Å². The van der Waals surface area contributed by atoms with Crippen molar-refractivity contribution in [3.05, 3.63) is 44.7 Å². The van der Waals surface area contributed by atoms with Crippen molar-refractivity contribution in [2.75, 3.05) is 0 Å². The summed E-state index contributed by atoms with van der Waals surface area (Å²) in [7, 11) is 0. The van der Waals surface area contributed by atoms with Gasteiger partial charge >= 0.3 is 5.97 Å². The van der Waals surface area contributed by atoms with Crippen LogP contribution in [0.2, 0.25) is 0 Å². The van der Waals surface area contributed by atoms with E-state index in [-0.39, 0.29) is 12.2 Å². The summed E-state index contributed by atoms with van der Waals surface area (Å²) < 4.78 is 7.47. The Morgan fingerprint density at radius 3 is 2.81 bits per heavy atom. The molecule has 0 atom stereocenters. The topological polar surface area (TPSA) is 67.9 Å². The van der Waals surface area contributed by atoms with Crippen LogP contribution < -0.4 is 0 Å². The van der Waals surface area contributed by atoms with E-state index in [1.807, 2.05) is 31.4 Å². The number of nitrogens with zero attached hydrogens (tertiary/aromatic N) is 3. The Kier molecular flexibility index (Phi) is 7.16. The summed E-state index contributed by atoms with van der Waals surface area (Å²) in [4.78, 5) is 16.7. The van der Waals surface area contributed by atoms with E-state index in [0.29, 0.717) is 0 Å². The molecule has 0 unspecified atom stereocenters. The van der Waals surface area contributed by atoms with E-state index in [4.69, 9.17) is 4.74 Å². The van der Waals surface area contributed by atoms with Crippen molar-refractivity contribution in [2.45, 2.75) is 60.1 Å². The molecule has 5 nitrogen and oxygen atoms in total. The normalized spacial score (nSPS) is 11.4. The fourth-order valence-electron chi connectivity index (χ4n) is 2.80. The van der Waals surface area contributed by atoms with Crippen molar-refractivity contribution in [2.24, 2.45) is 0 Å². The third-order valence-electron chi connectivity index (χ3n) is 4.11. The zero-order valence-corrected chi connectivity index (χ0v) is 16.7. The lowest BCUT2D eigenvalue weighted by Gasteiger charge is -2.07. The lowest BCUT2D eigenvalue weighted by molar-refractivity contribution is -0.139. The number of hydrogen-bond donors (Lipinski definition) is 0. The first-order valence-corrected chi connectivity index (χ1v) is 9.77. The van der Waals surface area contributed by atoms with Crippen LogP contribution in [0.5, 0.6) is 0 Å². The van der Waals surface area contributed by atoms with Crippen LogP contribution in [-0.2, 0) is 29.1 Å². The zero-order chi connectivity index (χ0) is 19.1. The van der Waals surface area contributed by atoms with Gasteiger partial charge in [0.05, 0.1) is 10.7 Å². The highest BCUT2D eigenvalue weighted by Gasteiger charge is 2.14. The van der Waals surface area contributed by atoms with Crippen LogP contribution in [-0.4, -0.2) is 15.5 Å². The molecule has 2 rings (SSSR count). The summed E-state index contributed by atoms with van der Waals surface area (Å²) in [6, 6.07) is 3.95. The third kappa shape index (κ3) is 4.83. The summed E-state index contributed by atoms with van der Waals surface area (Å²) in [5.41, 5.74) is 3.78. The highest BCUT2D eigenvalue weighted by molar-refractivity contribution is 7.09. The quantitative estimate of drug-likeness (QED) is 0.387. The fraction of sp³-hybridized carbons (Fsp3) is 0.450. The van der Waals surface area contributed by atoms with Crippen LogP contribution in [0.15, 0.2) is 17.0 Å². The minimum Gasteiger partial charge on any atom is -0.455 e. The van der Waals surface area contributed by atoms with Gasteiger partial charge in [-0.3, -0.25) is 0 Å². The van der Waals surface area contributed by atoms with Crippen molar-refractivity contribution in [1.29, 1.82) is 5.26 Å². The largest absolute Gasteiger partial charge is 0.455 e. The van der Waals surface area contributed by atoms with Crippen molar-refractivity contribution in [1.82, 2.24) is 9.55 Å². The van der Waals surface area contributed by atoms with Crippen LogP contribution >= 0.6 is 11.3 Å². The van der Waals surface area contributed by atoms with E-state index < -0.39 is 5.97 Å². The lowest BCUT2D eigenvalue weighted by Crippen LogP contribution is -2.07. The molecule has 0 spiro atoms. The SMILES string of the molecule is CCCc1nc(COC(=O)/C(C#N)=C\c2cc(C)n(CCC)c2C)cs1. The maximum Gasteiger partial charge on any atom is 0.349 e. The van der Waals surface area contributed by atoms with Crippen molar-refractivity contribution in [3.8, 4) is 6.07 Å². The molecule has 0 N–H and O–H groups in total. The van der Waals surface area contributed by atoms with E-state index >= 15 is 0 Å². The van der Waals surface area contributed by atoms with Gasteiger partial charge in [0, 0.05) is 23.3 Å². The van der Waals surface area contributed by atoms with Gasteiger partial charge < -0.3 is 9.30 Å². The third-order valence-corrected chi connectivity index (χ3v) is 5.07. The number of carbonyl (C=O) groups is 1. The smallest absolute Gasteiger partial charge is 0.349 e. The number of nitriles is 1. The number of aryl methyl sites for hydroxylation is 2. The van der Waals surface area contributed by atoms with E-state index in [0.717, 1.165) is 53.5 Å². The molecule has 0 radical (unpaired) electrons. The van der Waals surface area contributed by atoms with Crippen LogP contribution in [0, 0.1) is 25.2 Å². The average molecular weight is 372 g/mol. The van der Waals surface area contributed by atoms with Gasteiger partial charge in [-0.1, -0.05) is 13.8 Å². The van der Waals surface area contributed by atoms with Crippen LogP contribution in [0.25, 0.3) is 6.08 Å². The Balaban J connectivity index is 2.09. The molecule has 138 valence electrons. The highest BCUT2D eigenvalue weighted by atomic mass is 32.1. The number of hydrogen-bond acceptors (Lipinski definition) is 5. The molecule has 2 aromatic rings. The Hall–Kier alpha value is -2.39. The summed E-state index contributed by atoms with van der Waals surface area (Å²) in [5.74, 6) is -0.613. The summed E-state index contributed by atoms with van der Waals surface area (Å²) in [5, 5.41) is 12.3. The molecule has 0 aromatic carbocycles. The van der Waals surface area contributed by atoms with Gasteiger partial charge in [-0.2, -0.15) is 5.26 Å². The fourth-order valence-corrected chi connectivity index (χ4v) is 3.68. The minimum atomic E-state index is -0.613. The molecule has 26 heavy (non-hydrogen) atoms. The zero-order valence-electron chi connectivity index (χ0n) is 15.8. The standard InChI is InChI=1S/C20H25N3O2S/c1-5-7-19-22-18(13-26-19)12-25-20(24)17(11-21)10-16-9-14(3)23(8-6-2)15(16)4/h9-10,13H,5-8,12H2,1-4H3/b17-10-. The Bertz CT molecular complexity index is 840. The maximum atomic E-state index is 12.3. The van der Waals surface area contributed by atoms with E-state index in [2.05, 4.69) is 23.4 Å². The molecule has 0 aliphatic rings. The second-order valence-corrected chi connectivity index (χ2v) is 7.15. The number of thiazole rings is 1. The molecule has 0 saturated carbocycles. The summed E-state index contributed by atoms with van der Waals surface area (Å²) in [6.45, 7) is 9.26. The number of carbonyl (C=O) groups excluding carboxylic acids is 1. The Labute approximate surface area is 158 Å². The first-order valence-electron chi connectivity index (χ1n) is 8.89.